The zero-order valence-electron chi connectivity index (χ0n) is 13.9. The standard InChI is InChI=1S/C15H13Cl2N3O4S3/c1-8-15(9(2)24-18-8)27(22,23)20-13-7-11(17)10(16)6-12(13)19-26(21)14-4-3-5-25-14/h3-7,19-20H,1-2H3. The van der Waals surface area contributed by atoms with Gasteiger partial charge in [0.1, 0.15) is 22.7 Å². The minimum absolute atomic E-state index is 0.0705. The van der Waals surface area contributed by atoms with Crippen molar-refractivity contribution in [1.82, 2.24) is 5.16 Å². The summed E-state index contributed by atoms with van der Waals surface area (Å²) in [5.41, 5.74) is 0.525. The van der Waals surface area contributed by atoms with E-state index in [2.05, 4.69) is 14.6 Å². The van der Waals surface area contributed by atoms with Gasteiger partial charge in [0.2, 0.25) is 4.21 Å². The number of hydrogen-bond donors (Lipinski definition) is 2. The number of thiophene rings is 1. The minimum Gasteiger partial charge on any atom is -0.587 e. The molecule has 0 saturated carbocycles. The Morgan fingerprint density at radius 3 is 2.44 bits per heavy atom. The molecule has 0 aliphatic heterocycles. The van der Waals surface area contributed by atoms with Crippen molar-refractivity contribution >= 4 is 67.3 Å². The number of hydrogen-bond acceptors (Lipinski definition) is 7. The highest BCUT2D eigenvalue weighted by Gasteiger charge is 2.26. The van der Waals surface area contributed by atoms with E-state index < -0.39 is 21.4 Å². The van der Waals surface area contributed by atoms with Gasteiger partial charge in [-0.1, -0.05) is 39.7 Å². The van der Waals surface area contributed by atoms with Gasteiger partial charge in [-0.25, -0.2) is 13.1 Å². The van der Waals surface area contributed by atoms with Crippen LogP contribution in [0.3, 0.4) is 0 Å². The molecule has 0 bridgehead atoms. The predicted molar refractivity (Wildman–Crippen MR) is 108 cm³/mol. The fourth-order valence-electron chi connectivity index (χ4n) is 2.29. The molecule has 0 saturated heterocycles. The highest BCUT2D eigenvalue weighted by molar-refractivity contribution is 7.94. The average molecular weight is 466 g/mol. The van der Waals surface area contributed by atoms with Gasteiger partial charge >= 0.3 is 0 Å². The lowest BCUT2D eigenvalue weighted by Crippen LogP contribution is -2.18. The molecule has 2 heterocycles. The van der Waals surface area contributed by atoms with Gasteiger partial charge < -0.3 is 9.08 Å². The maximum atomic E-state index is 12.8. The van der Waals surface area contributed by atoms with Crippen molar-refractivity contribution in [2.24, 2.45) is 0 Å². The van der Waals surface area contributed by atoms with Crippen LogP contribution in [-0.4, -0.2) is 18.1 Å². The Labute approximate surface area is 173 Å². The van der Waals surface area contributed by atoms with E-state index >= 15 is 0 Å². The molecule has 7 nitrogen and oxygen atoms in total. The van der Waals surface area contributed by atoms with Gasteiger partial charge in [-0.3, -0.25) is 4.72 Å². The van der Waals surface area contributed by atoms with Crippen molar-refractivity contribution in [2.45, 2.75) is 23.0 Å². The van der Waals surface area contributed by atoms with Crippen molar-refractivity contribution in [3.63, 3.8) is 0 Å². The fourth-order valence-corrected chi connectivity index (χ4v) is 5.78. The van der Waals surface area contributed by atoms with Crippen LogP contribution in [0.5, 0.6) is 0 Å². The highest BCUT2D eigenvalue weighted by atomic mass is 35.5. The van der Waals surface area contributed by atoms with E-state index in [1.54, 1.807) is 17.5 Å². The van der Waals surface area contributed by atoms with E-state index in [1.807, 2.05) is 0 Å². The average Bonchev–Trinajstić information content (AvgIpc) is 3.22. The molecule has 144 valence electrons. The molecule has 12 heteroatoms. The third-order valence-electron chi connectivity index (χ3n) is 3.42. The van der Waals surface area contributed by atoms with Crippen LogP contribution in [0, 0.1) is 13.8 Å². The number of sulfonamides is 1. The first-order valence-corrected chi connectivity index (χ1v) is 11.6. The van der Waals surface area contributed by atoms with Crippen molar-refractivity contribution < 1.29 is 17.5 Å². The van der Waals surface area contributed by atoms with E-state index in [0.717, 1.165) is 0 Å². The molecule has 2 aromatic heterocycles. The first kappa shape index (κ1) is 20.3. The molecule has 0 radical (unpaired) electrons. The number of nitrogens with one attached hydrogen (secondary N) is 2. The molecule has 0 spiro atoms. The lowest BCUT2D eigenvalue weighted by atomic mass is 10.3. The monoisotopic (exact) mass is 465 g/mol. The molecule has 0 aliphatic rings. The maximum absolute atomic E-state index is 12.8. The van der Waals surface area contributed by atoms with Gasteiger partial charge in [0.15, 0.2) is 10.7 Å². The Kier molecular flexibility index (Phi) is 5.94. The third-order valence-corrected chi connectivity index (χ3v) is 8.06. The van der Waals surface area contributed by atoms with Crippen LogP contribution in [0.2, 0.25) is 10.0 Å². The summed E-state index contributed by atoms with van der Waals surface area (Å²) in [6.07, 6.45) is 0. The highest BCUT2D eigenvalue weighted by Crippen LogP contribution is 2.36. The largest absolute Gasteiger partial charge is 0.587 e. The zero-order chi connectivity index (χ0) is 19.8. The summed E-state index contributed by atoms with van der Waals surface area (Å²) >= 11 is 11.8. The van der Waals surface area contributed by atoms with Crippen molar-refractivity contribution in [3.05, 3.63) is 51.1 Å². The Bertz CT molecular complexity index is 1050. The number of aryl methyl sites for hydroxylation is 2. The van der Waals surface area contributed by atoms with Crippen LogP contribution in [0.15, 0.2) is 43.3 Å². The molecular formula is C15H13Cl2N3O4S3. The minimum atomic E-state index is -4.02. The van der Waals surface area contributed by atoms with Crippen LogP contribution in [-0.2, 0) is 21.4 Å². The summed E-state index contributed by atoms with van der Waals surface area (Å²) in [5, 5.41) is 5.76. The van der Waals surface area contributed by atoms with Crippen LogP contribution in [0.25, 0.3) is 0 Å². The first-order valence-electron chi connectivity index (χ1n) is 7.35. The second-order valence-electron chi connectivity index (χ2n) is 5.37. The molecule has 0 fully saturated rings. The summed E-state index contributed by atoms with van der Waals surface area (Å²) < 4.78 is 48.7. The van der Waals surface area contributed by atoms with Crippen molar-refractivity contribution in [1.29, 1.82) is 0 Å². The number of halogens is 2. The van der Waals surface area contributed by atoms with Crippen molar-refractivity contribution in [3.8, 4) is 0 Å². The normalized spacial score (nSPS) is 12.8. The number of anilines is 2. The molecule has 1 atom stereocenters. The summed E-state index contributed by atoms with van der Waals surface area (Å²) in [5.74, 6) is 0.150. The lowest BCUT2D eigenvalue weighted by Gasteiger charge is -2.16. The van der Waals surface area contributed by atoms with Gasteiger partial charge in [0.05, 0.1) is 15.7 Å². The molecule has 0 aliphatic carbocycles. The molecule has 0 amide bonds. The Hall–Kier alpha value is -1.43. The van der Waals surface area contributed by atoms with Crippen LogP contribution >= 0.6 is 34.5 Å². The van der Waals surface area contributed by atoms with Gasteiger partial charge in [-0.2, -0.15) is 0 Å². The van der Waals surface area contributed by atoms with Gasteiger partial charge in [0, 0.05) is 6.07 Å². The molecule has 2 N–H and O–H groups in total. The second-order valence-corrected chi connectivity index (χ2v) is 10.2. The van der Waals surface area contributed by atoms with Crippen LogP contribution in [0.1, 0.15) is 11.5 Å². The van der Waals surface area contributed by atoms with E-state index in [9.17, 15) is 13.0 Å². The number of aromatic nitrogens is 1. The van der Waals surface area contributed by atoms with E-state index in [0.29, 0.717) is 4.21 Å². The second kappa shape index (κ2) is 7.90. The number of rotatable bonds is 6. The van der Waals surface area contributed by atoms with Gasteiger partial charge in [0.25, 0.3) is 10.0 Å². The molecule has 1 aromatic carbocycles. The van der Waals surface area contributed by atoms with Crippen molar-refractivity contribution in [2.75, 3.05) is 9.44 Å². The van der Waals surface area contributed by atoms with Gasteiger partial charge in [-0.05, 0) is 37.4 Å². The molecule has 1 unspecified atom stereocenters. The first-order chi connectivity index (χ1) is 12.7. The summed E-state index contributed by atoms with van der Waals surface area (Å²) in [6, 6.07) is 6.20. The van der Waals surface area contributed by atoms with E-state index in [1.165, 1.54) is 37.3 Å². The molecule has 3 rings (SSSR count). The Morgan fingerprint density at radius 1 is 1.22 bits per heavy atom. The Morgan fingerprint density at radius 2 is 1.89 bits per heavy atom. The zero-order valence-corrected chi connectivity index (χ0v) is 17.9. The summed E-state index contributed by atoms with van der Waals surface area (Å²) in [7, 11) is -4.02. The predicted octanol–water partition coefficient (Wildman–Crippen LogP) is 4.60. The lowest BCUT2D eigenvalue weighted by molar-refractivity contribution is 0.390. The smallest absolute Gasteiger partial charge is 0.267 e. The fraction of sp³-hybridized carbons (Fsp3) is 0.133. The maximum Gasteiger partial charge on any atom is 0.267 e. The molecular weight excluding hydrogens is 453 g/mol. The van der Waals surface area contributed by atoms with Crippen LogP contribution in [0.4, 0.5) is 11.4 Å². The molecule has 27 heavy (non-hydrogen) atoms. The van der Waals surface area contributed by atoms with Gasteiger partial charge in [-0.15, -0.1) is 0 Å². The Balaban J connectivity index is 1.98. The molecule has 3 aromatic rings. The summed E-state index contributed by atoms with van der Waals surface area (Å²) in [6.45, 7) is 3.01. The quantitative estimate of drug-likeness (QED) is 0.515. The summed E-state index contributed by atoms with van der Waals surface area (Å²) in [4.78, 5) is -0.0705. The van der Waals surface area contributed by atoms with Crippen LogP contribution < -0.4 is 9.44 Å². The van der Waals surface area contributed by atoms with E-state index in [-0.39, 0.29) is 37.8 Å². The number of benzene rings is 1. The SMILES string of the molecule is Cc1noc(C)c1S(=O)(=O)Nc1cc(Cl)c(Cl)cc1N[S+]([O-])c1cccs1. The third kappa shape index (κ3) is 4.36. The van der Waals surface area contributed by atoms with E-state index in [4.69, 9.17) is 27.7 Å². The topological polar surface area (TPSA) is 107 Å². The number of nitrogens with zero attached hydrogens (tertiary/aromatic N) is 1.